The van der Waals surface area contributed by atoms with Crippen molar-refractivity contribution in [3.8, 4) is 0 Å². The summed E-state index contributed by atoms with van der Waals surface area (Å²) in [5.74, 6) is 0.427. The molecule has 7 heteroatoms. The van der Waals surface area contributed by atoms with Gasteiger partial charge in [-0.3, -0.25) is 9.78 Å². The van der Waals surface area contributed by atoms with Crippen LogP contribution in [-0.4, -0.2) is 62.5 Å². The molecule has 0 bridgehead atoms. The lowest BCUT2D eigenvalue weighted by Crippen LogP contribution is -2.45. The second-order valence-electron chi connectivity index (χ2n) is 7.12. The number of aryl methyl sites for hydroxylation is 1. The molecule has 188 valence electrons. The second-order valence-corrected chi connectivity index (χ2v) is 7.12. The molecule has 1 heterocycles. The molecule has 3 atom stereocenters. The van der Waals surface area contributed by atoms with Crippen molar-refractivity contribution >= 4 is 12.2 Å². The fraction of sp³-hybridized carbons (Fsp3) is 0.720. The van der Waals surface area contributed by atoms with Crippen molar-refractivity contribution in [3.63, 3.8) is 0 Å². The molecule has 1 aromatic heterocycles. The van der Waals surface area contributed by atoms with Crippen LogP contribution in [0.1, 0.15) is 67.4 Å². The van der Waals surface area contributed by atoms with Crippen LogP contribution < -0.4 is 21.3 Å². The maximum Gasteiger partial charge on any atom is 0.237 e. The van der Waals surface area contributed by atoms with Gasteiger partial charge in [0.2, 0.25) is 5.91 Å². The maximum absolute atomic E-state index is 11.2. The first kappa shape index (κ1) is 34.8. The Morgan fingerprint density at radius 2 is 1.72 bits per heavy atom. The minimum Gasteiger partial charge on any atom is -0.355 e. The number of hydrogen-bond acceptors (Lipinski definition) is 6. The van der Waals surface area contributed by atoms with Crippen LogP contribution in [0.25, 0.3) is 0 Å². The van der Waals surface area contributed by atoms with Gasteiger partial charge in [0.25, 0.3) is 0 Å². The molecule has 0 fully saturated rings. The maximum atomic E-state index is 11.2. The minimum atomic E-state index is -0.0794. The Bertz CT molecular complexity index is 526. The number of pyridine rings is 1. The van der Waals surface area contributed by atoms with E-state index in [9.17, 15) is 9.59 Å². The van der Waals surface area contributed by atoms with Gasteiger partial charge in [-0.05, 0) is 58.3 Å². The molecule has 0 aliphatic rings. The van der Waals surface area contributed by atoms with Gasteiger partial charge in [0.15, 0.2) is 0 Å². The van der Waals surface area contributed by atoms with Crippen molar-refractivity contribution in [2.75, 3.05) is 27.2 Å². The van der Waals surface area contributed by atoms with Gasteiger partial charge in [0.05, 0.1) is 12.1 Å². The summed E-state index contributed by atoms with van der Waals surface area (Å²) in [5.41, 5.74) is 1.25. The van der Waals surface area contributed by atoms with Crippen molar-refractivity contribution in [2.45, 2.75) is 86.4 Å². The van der Waals surface area contributed by atoms with Crippen LogP contribution in [0, 0.1) is 5.92 Å². The van der Waals surface area contributed by atoms with Crippen LogP contribution in [0.5, 0.6) is 0 Å². The zero-order chi connectivity index (χ0) is 25.4. The second kappa shape index (κ2) is 25.4. The Hall–Kier alpha value is -1.83. The summed E-state index contributed by atoms with van der Waals surface area (Å²) in [5, 5.41) is 12.2. The zero-order valence-electron chi connectivity index (χ0n) is 22.3. The molecule has 4 N–H and O–H groups in total. The Balaban J connectivity index is -0.000000486. The summed E-state index contributed by atoms with van der Waals surface area (Å²) < 4.78 is 0. The fourth-order valence-electron chi connectivity index (χ4n) is 2.66. The number of aldehydes is 1. The number of carbonyl (C=O) groups excluding carboxylic acids is 2. The van der Waals surface area contributed by atoms with E-state index < -0.39 is 0 Å². The van der Waals surface area contributed by atoms with E-state index in [1.165, 1.54) is 5.56 Å². The van der Waals surface area contributed by atoms with Crippen LogP contribution in [0.2, 0.25) is 0 Å². The fourth-order valence-corrected chi connectivity index (χ4v) is 2.66. The number of rotatable bonds is 12. The Kier molecular flexibility index (Phi) is 27.6. The third-order valence-electron chi connectivity index (χ3n) is 4.41. The first-order valence-corrected chi connectivity index (χ1v) is 12.1. The molecule has 0 aliphatic heterocycles. The molecule has 0 aliphatic carbocycles. The predicted octanol–water partition coefficient (Wildman–Crippen LogP) is 3.20. The number of likely N-dealkylation sites (N-methyl/N-ethyl adjacent to an activating group) is 3. The molecule has 1 rings (SSSR count). The topological polar surface area (TPSA) is 95.2 Å². The highest BCUT2D eigenvalue weighted by Crippen LogP contribution is 2.03. The molecule has 1 aromatic rings. The number of aromatic nitrogens is 1. The van der Waals surface area contributed by atoms with E-state index in [1.807, 2.05) is 74.7 Å². The van der Waals surface area contributed by atoms with E-state index in [-0.39, 0.29) is 18.0 Å². The molecular formula is C25H51N5O2. The molecule has 1 amide bonds. The quantitative estimate of drug-likeness (QED) is 0.363. The molecule has 32 heavy (non-hydrogen) atoms. The smallest absolute Gasteiger partial charge is 0.237 e. The molecule has 0 radical (unpaired) electrons. The van der Waals surface area contributed by atoms with Crippen molar-refractivity contribution in [3.05, 3.63) is 30.1 Å². The minimum absolute atomic E-state index is 0.0602. The van der Waals surface area contributed by atoms with Gasteiger partial charge in [-0.15, -0.1) is 0 Å². The van der Waals surface area contributed by atoms with E-state index in [1.54, 1.807) is 13.2 Å². The molecule has 1 unspecified atom stereocenters. The molecule has 0 saturated carbocycles. The number of nitrogens with one attached hydrogen (secondary N) is 4. The lowest BCUT2D eigenvalue weighted by atomic mass is 10.0. The van der Waals surface area contributed by atoms with Crippen molar-refractivity contribution in [1.29, 1.82) is 0 Å². The average molecular weight is 454 g/mol. The normalized spacial score (nSPS) is 12.5. The molecule has 0 spiro atoms. The summed E-state index contributed by atoms with van der Waals surface area (Å²) >= 11 is 0. The van der Waals surface area contributed by atoms with E-state index in [0.29, 0.717) is 18.5 Å². The van der Waals surface area contributed by atoms with Crippen molar-refractivity contribution in [1.82, 2.24) is 26.3 Å². The van der Waals surface area contributed by atoms with Gasteiger partial charge >= 0.3 is 0 Å². The third-order valence-corrected chi connectivity index (χ3v) is 4.41. The van der Waals surface area contributed by atoms with Crippen LogP contribution in [0.3, 0.4) is 0 Å². The van der Waals surface area contributed by atoms with Crippen LogP contribution >= 0.6 is 0 Å². The summed E-state index contributed by atoms with van der Waals surface area (Å²) in [4.78, 5) is 25.8. The molecule has 7 nitrogen and oxygen atoms in total. The summed E-state index contributed by atoms with van der Waals surface area (Å²) in [6.07, 6.45) is 6.63. The molecule has 0 aromatic carbocycles. The number of carbonyl (C=O) groups is 2. The SMILES string of the molecule is CC.CC.CCNC(=O)[C@@H](NC)C(C)C.CN[C@@H](CCc1cccnc1)CNC(C)C=O. The Morgan fingerprint density at radius 3 is 2.12 bits per heavy atom. The van der Waals surface area contributed by atoms with Crippen molar-refractivity contribution in [2.24, 2.45) is 5.92 Å². The Labute approximate surface area is 197 Å². The van der Waals surface area contributed by atoms with Gasteiger partial charge in [-0.25, -0.2) is 0 Å². The van der Waals surface area contributed by atoms with Gasteiger partial charge in [-0.2, -0.15) is 0 Å². The largest absolute Gasteiger partial charge is 0.355 e. The first-order chi connectivity index (χ1) is 15.4. The molecule has 0 saturated heterocycles. The number of hydrogen-bond donors (Lipinski definition) is 4. The summed E-state index contributed by atoms with van der Waals surface area (Å²) in [6.45, 7) is 17.3. The summed E-state index contributed by atoms with van der Waals surface area (Å²) in [7, 11) is 3.75. The number of amides is 1. The predicted molar refractivity (Wildman–Crippen MR) is 138 cm³/mol. The number of nitrogens with zero attached hydrogens (tertiary/aromatic N) is 1. The van der Waals surface area contributed by atoms with E-state index in [4.69, 9.17) is 0 Å². The van der Waals surface area contributed by atoms with E-state index in [0.717, 1.165) is 25.7 Å². The molecular weight excluding hydrogens is 402 g/mol. The standard InChI is InChI=1S/C13H21N3O.C8H18N2O.2C2H6/c1-11(10-17)16-9-13(14-2)6-5-12-4-3-7-15-8-12;1-5-10-8(11)7(9-4)6(2)3;2*1-2/h3-4,7-8,10-11,13-14,16H,5-6,9H2,1-2H3;6-7,9H,5H2,1-4H3,(H,10,11);2*1-2H3/t11?,13-;7-;;/m00../s1. The third kappa shape index (κ3) is 18.9. The first-order valence-electron chi connectivity index (χ1n) is 12.1. The zero-order valence-corrected chi connectivity index (χ0v) is 22.3. The highest BCUT2D eigenvalue weighted by molar-refractivity contribution is 5.81. The van der Waals surface area contributed by atoms with Gasteiger partial charge in [-0.1, -0.05) is 47.6 Å². The summed E-state index contributed by atoms with van der Waals surface area (Å²) in [6, 6.07) is 4.27. The lowest BCUT2D eigenvalue weighted by molar-refractivity contribution is -0.123. The van der Waals surface area contributed by atoms with E-state index >= 15 is 0 Å². The highest BCUT2D eigenvalue weighted by atomic mass is 16.2. The van der Waals surface area contributed by atoms with Gasteiger partial charge < -0.3 is 26.1 Å². The Morgan fingerprint density at radius 1 is 1.09 bits per heavy atom. The monoisotopic (exact) mass is 453 g/mol. The van der Waals surface area contributed by atoms with E-state index in [2.05, 4.69) is 32.3 Å². The van der Waals surface area contributed by atoms with Gasteiger partial charge in [0.1, 0.15) is 6.29 Å². The van der Waals surface area contributed by atoms with Gasteiger partial charge in [0, 0.05) is 31.5 Å². The van der Waals surface area contributed by atoms with Crippen LogP contribution in [0.15, 0.2) is 24.5 Å². The van der Waals surface area contributed by atoms with Crippen LogP contribution in [0.4, 0.5) is 0 Å². The van der Waals surface area contributed by atoms with Crippen LogP contribution in [-0.2, 0) is 16.0 Å². The lowest BCUT2D eigenvalue weighted by Gasteiger charge is -2.18. The average Bonchev–Trinajstić information content (AvgIpc) is 2.83. The highest BCUT2D eigenvalue weighted by Gasteiger charge is 2.18. The van der Waals surface area contributed by atoms with Crippen molar-refractivity contribution < 1.29 is 9.59 Å².